The number of halogens is 1. The van der Waals surface area contributed by atoms with Gasteiger partial charge in [0.1, 0.15) is 18.0 Å². The van der Waals surface area contributed by atoms with Crippen LogP contribution in [0.25, 0.3) is 0 Å². The summed E-state index contributed by atoms with van der Waals surface area (Å²) in [5.74, 6) is 4.27. The van der Waals surface area contributed by atoms with Crippen molar-refractivity contribution in [2.45, 2.75) is 6.42 Å². The van der Waals surface area contributed by atoms with Gasteiger partial charge in [-0.25, -0.2) is 8.60 Å². The monoisotopic (exact) mass is 323 g/mol. The molecule has 0 radical (unpaired) electrons. The van der Waals surface area contributed by atoms with Crippen LogP contribution < -0.4 is 14.3 Å². The first-order valence-electron chi connectivity index (χ1n) is 6.79. The smallest absolute Gasteiger partial charge is 0.253 e. The molecule has 22 heavy (non-hydrogen) atoms. The second-order valence-corrected chi connectivity index (χ2v) is 6.21. The molecule has 3 N–H and O–H groups in total. The largest absolute Gasteiger partial charge is 0.506 e. The summed E-state index contributed by atoms with van der Waals surface area (Å²) in [5, 5.41) is 13.0. The molecule has 2 fully saturated rings. The summed E-state index contributed by atoms with van der Waals surface area (Å²) < 4.78 is 29.5. The van der Waals surface area contributed by atoms with Crippen LogP contribution in [0.3, 0.4) is 0 Å². The third-order valence-electron chi connectivity index (χ3n) is 3.50. The first kappa shape index (κ1) is 14.8. The summed E-state index contributed by atoms with van der Waals surface area (Å²) in [6.45, 7) is 1.39. The van der Waals surface area contributed by atoms with E-state index in [4.69, 9.17) is 0 Å². The van der Waals surface area contributed by atoms with E-state index in [2.05, 4.69) is 21.9 Å². The lowest BCUT2D eigenvalue weighted by molar-refractivity contribution is -0.117. The Morgan fingerprint density at radius 3 is 2.91 bits per heavy atom. The van der Waals surface area contributed by atoms with Crippen LogP contribution in [0.2, 0.25) is 0 Å². The van der Waals surface area contributed by atoms with Crippen molar-refractivity contribution in [3.05, 3.63) is 23.5 Å². The Hall–Kier alpha value is -2.11. The van der Waals surface area contributed by atoms with E-state index in [1.165, 1.54) is 12.1 Å². The number of phenolic OH excluding ortho intramolecular Hbond substituents is 1. The van der Waals surface area contributed by atoms with E-state index in [0.717, 1.165) is 23.8 Å². The number of nitrogens with zero attached hydrogens (tertiary/aromatic N) is 1. The number of carbonyl (C=O) groups excluding carboxylic acids is 1. The zero-order valence-corrected chi connectivity index (χ0v) is 12.4. The first-order valence-corrected chi connectivity index (χ1v) is 7.89. The molecule has 2 atom stereocenters. The highest BCUT2D eigenvalue weighted by atomic mass is 32.2. The van der Waals surface area contributed by atoms with Crippen LogP contribution in [-0.4, -0.2) is 34.9 Å². The third-order valence-corrected chi connectivity index (χ3v) is 4.62. The molecule has 6 nitrogen and oxygen atoms in total. The van der Waals surface area contributed by atoms with E-state index < -0.39 is 22.9 Å². The van der Waals surface area contributed by atoms with Gasteiger partial charge in [-0.3, -0.25) is 13.8 Å². The van der Waals surface area contributed by atoms with Crippen LogP contribution in [0.15, 0.2) is 12.1 Å². The molecule has 1 aromatic rings. The predicted octanol–water partition coefficient (Wildman–Crippen LogP) is 0.00720. The van der Waals surface area contributed by atoms with Gasteiger partial charge in [0.2, 0.25) is 11.2 Å². The lowest BCUT2D eigenvalue weighted by Gasteiger charge is -2.16. The number of phenols is 1. The molecule has 2 aliphatic rings. The Bertz CT molecular complexity index is 707. The minimum absolute atomic E-state index is 0.107. The van der Waals surface area contributed by atoms with Gasteiger partial charge in [-0.2, -0.15) is 0 Å². The molecule has 0 aliphatic carbocycles. The molecule has 1 amide bonds. The fourth-order valence-electron chi connectivity index (χ4n) is 2.38. The summed E-state index contributed by atoms with van der Waals surface area (Å²) in [6, 6.07) is 2.66. The van der Waals surface area contributed by atoms with Gasteiger partial charge >= 0.3 is 0 Å². The highest BCUT2D eigenvalue weighted by molar-refractivity contribution is 7.85. The summed E-state index contributed by atoms with van der Waals surface area (Å²) in [5.41, 5.74) is -0.163. The van der Waals surface area contributed by atoms with Crippen LogP contribution in [0.1, 0.15) is 12.0 Å². The van der Waals surface area contributed by atoms with Crippen molar-refractivity contribution in [2.24, 2.45) is 5.92 Å². The van der Waals surface area contributed by atoms with Crippen molar-refractivity contribution in [1.82, 2.24) is 10.0 Å². The van der Waals surface area contributed by atoms with Crippen LogP contribution in [0.4, 0.5) is 10.1 Å². The molecule has 0 aromatic heterocycles. The number of hydrogen-bond donors (Lipinski definition) is 3. The van der Waals surface area contributed by atoms with Crippen LogP contribution >= 0.6 is 0 Å². The van der Waals surface area contributed by atoms with E-state index in [0.29, 0.717) is 0 Å². The zero-order valence-electron chi connectivity index (χ0n) is 11.6. The first-order chi connectivity index (χ1) is 10.6. The van der Waals surface area contributed by atoms with Gasteiger partial charge in [0, 0.05) is 12.5 Å². The maximum Gasteiger partial charge on any atom is 0.253 e. The van der Waals surface area contributed by atoms with E-state index in [1.54, 1.807) is 0 Å². The third kappa shape index (κ3) is 2.77. The van der Waals surface area contributed by atoms with Gasteiger partial charge in [-0.1, -0.05) is 11.8 Å². The van der Waals surface area contributed by atoms with Gasteiger partial charge in [-0.05, 0) is 25.1 Å². The average Bonchev–Trinajstić information content (AvgIpc) is 3.08. The van der Waals surface area contributed by atoms with E-state index in [-0.39, 0.29) is 29.5 Å². The minimum Gasteiger partial charge on any atom is -0.506 e. The fraction of sp³-hybridized carbons (Fsp3) is 0.357. The Morgan fingerprint density at radius 2 is 2.27 bits per heavy atom. The fourth-order valence-corrected chi connectivity index (χ4v) is 3.33. The molecule has 0 saturated carbocycles. The minimum atomic E-state index is -1.90. The number of nitrogens with one attached hydrogen (secondary N) is 2. The van der Waals surface area contributed by atoms with Crippen molar-refractivity contribution in [3.8, 4) is 17.6 Å². The van der Waals surface area contributed by atoms with Gasteiger partial charge < -0.3 is 10.4 Å². The number of anilines is 1. The van der Waals surface area contributed by atoms with Gasteiger partial charge in [0.15, 0.2) is 5.82 Å². The number of hydrogen-bond acceptors (Lipinski definition) is 4. The lowest BCUT2D eigenvalue weighted by Crippen LogP contribution is -2.23. The van der Waals surface area contributed by atoms with Crippen molar-refractivity contribution >= 4 is 22.8 Å². The maximum atomic E-state index is 14.6. The number of benzene rings is 1. The number of aromatic hydroxyl groups is 1. The van der Waals surface area contributed by atoms with E-state index in [1.807, 2.05) is 0 Å². The molecule has 2 aliphatic heterocycles. The molecule has 2 heterocycles. The molecule has 0 bridgehead atoms. The normalized spacial score (nSPS) is 24.0. The predicted molar refractivity (Wildman–Crippen MR) is 79.6 cm³/mol. The number of amides is 1. The molecule has 116 valence electrons. The molecule has 1 aromatic carbocycles. The van der Waals surface area contributed by atoms with Crippen molar-refractivity contribution in [2.75, 3.05) is 23.9 Å². The Labute approximate surface area is 129 Å². The standard InChI is InChI=1S/C14H14FN3O3S/c15-13-10(2-1-9-5-6-16-7-9)3-4-11(19)14(13)18-8-12(20)17-22(18)21/h3-4,9,16,19H,5-8H2,(H,17,20). The molecule has 8 heteroatoms. The van der Waals surface area contributed by atoms with Gasteiger partial charge in [-0.15, -0.1) is 0 Å². The van der Waals surface area contributed by atoms with Crippen molar-refractivity contribution in [1.29, 1.82) is 0 Å². The molecule has 2 saturated heterocycles. The number of carbonyl (C=O) groups is 1. The average molecular weight is 323 g/mol. The van der Waals surface area contributed by atoms with Crippen molar-refractivity contribution < 1.29 is 18.5 Å². The van der Waals surface area contributed by atoms with Crippen LogP contribution in [0.5, 0.6) is 5.75 Å². The van der Waals surface area contributed by atoms with Gasteiger partial charge in [0.25, 0.3) is 5.91 Å². The Kier molecular flexibility index (Phi) is 4.00. The van der Waals surface area contributed by atoms with Crippen LogP contribution in [0, 0.1) is 23.6 Å². The second kappa shape index (κ2) is 5.94. The molecular weight excluding hydrogens is 309 g/mol. The summed E-state index contributed by atoms with van der Waals surface area (Å²) in [7, 11) is 0. The second-order valence-electron chi connectivity index (χ2n) is 5.06. The summed E-state index contributed by atoms with van der Waals surface area (Å²) in [6.07, 6.45) is 0.911. The SMILES string of the molecule is O=C1CN(c2c(O)ccc(C#CC3CCNC3)c2F)S(=O)N1. The summed E-state index contributed by atoms with van der Waals surface area (Å²) in [4.78, 5) is 11.3. The van der Waals surface area contributed by atoms with E-state index in [9.17, 15) is 18.5 Å². The maximum absolute atomic E-state index is 14.6. The number of rotatable bonds is 1. The Balaban J connectivity index is 1.95. The van der Waals surface area contributed by atoms with Gasteiger partial charge in [0.05, 0.1) is 5.56 Å². The lowest BCUT2D eigenvalue weighted by atomic mass is 10.1. The molecule has 2 unspecified atom stereocenters. The highest BCUT2D eigenvalue weighted by Gasteiger charge is 2.31. The quantitative estimate of drug-likeness (QED) is 0.636. The summed E-state index contributed by atoms with van der Waals surface area (Å²) >= 11 is -1.90. The van der Waals surface area contributed by atoms with Crippen molar-refractivity contribution in [3.63, 3.8) is 0 Å². The van der Waals surface area contributed by atoms with Crippen LogP contribution in [-0.2, 0) is 16.0 Å². The van der Waals surface area contributed by atoms with E-state index >= 15 is 0 Å². The zero-order chi connectivity index (χ0) is 15.7. The highest BCUT2D eigenvalue weighted by Crippen LogP contribution is 2.34. The Morgan fingerprint density at radius 1 is 1.45 bits per heavy atom. The molecular formula is C14H14FN3O3S. The molecule has 0 spiro atoms. The molecule has 3 rings (SSSR count). The topological polar surface area (TPSA) is 81.7 Å².